The summed E-state index contributed by atoms with van der Waals surface area (Å²) >= 11 is 1.43. The zero-order chi connectivity index (χ0) is 20.3. The molecule has 0 unspecified atom stereocenters. The van der Waals surface area contributed by atoms with Crippen molar-refractivity contribution in [3.05, 3.63) is 81.6 Å². The zero-order valence-electron chi connectivity index (χ0n) is 14.8. The number of hydrogen-bond acceptors (Lipinski definition) is 3. The minimum absolute atomic E-state index is 0.147. The molecule has 0 N–H and O–H groups in total. The average molecular weight is 408 g/mol. The molecule has 0 saturated heterocycles. The van der Waals surface area contributed by atoms with Crippen LogP contribution in [-0.2, 0) is 23.9 Å². The van der Waals surface area contributed by atoms with E-state index in [0.29, 0.717) is 11.4 Å². The first-order valence-electron chi connectivity index (χ1n) is 8.35. The molecular formula is C20H16F4N2OS. The number of alkyl halides is 3. The first kappa shape index (κ1) is 20.0. The average Bonchev–Trinajstić information content (AvgIpc) is 3.05. The third kappa shape index (κ3) is 4.95. The Bertz CT molecular complexity index is 967. The number of thiazole rings is 1. The Morgan fingerprint density at radius 1 is 1.14 bits per heavy atom. The van der Waals surface area contributed by atoms with Crippen LogP contribution in [0.2, 0.25) is 0 Å². The number of carbonyl (C=O) groups excluding carboxylic acids is 1. The molecule has 28 heavy (non-hydrogen) atoms. The van der Waals surface area contributed by atoms with Gasteiger partial charge in [0.2, 0.25) is 5.91 Å². The summed E-state index contributed by atoms with van der Waals surface area (Å²) in [5.74, 6) is -0.852. The maximum absolute atomic E-state index is 13.3. The Morgan fingerprint density at radius 3 is 2.46 bits per heavy atom. The van der Waals surface area contributed by atoms with Gasteiger partial charge in [0, 0.05) is 11.1 Å². The fraction of sp³-hybridized carbons (Fsp3) is 0.200. The van der Waals surface area contributed by atoms with Gasteiger partial charge in [-0.1, -0.05) is 18.2 Å². The first-order valence-corrected chi connectivity index (χ1v) is 9.23. The normalized spacial score (nSPS) is 11.5. The highest BCUT2D eigenvalue weighted by Gasteiger charge is 2.30. The summed E-state index contributed by atoms with van der Waals surface area (Å²) in [4.78, 5) is 18.6. The van der Waals surface area contributed by atoms with Gasteiger partial charge >= 0.3 is 6.18 Å². The second kappa shape index (κ2) is 8.10. The summed E-state index contributed by atoms with van der Waals surface area (Å²) in [5.41, 5.74) is 0.552. The lowest BCUT2D eigenvalue weighted by Gasteiger charge is -2.22. The summed E-state index contributed by atoms with van der Waals surface area (Å²) in [6.07, 6.45) is -4.70. The molecule has 0 saturated carbocycles. The van der Waals surface area contributed by atoms with Gasteiger partial charge < -0.3 is 4.90 Å². The molecule has 1 heterocycles. The molecule has 8 heteroatoms. The molecule has 0 radical (unpaired) electrons. The van der Waals surface area contributed by atoms with E-state index in [1.54, 1.807) is 0 Å². The van der Waals surface area contributed by atoms with E-state index in [9.17, 15) is 22.4 Å². The molecule has 0 atom stereocenters. The molecule has 1 aromatic heterocycles. The molecule has 0 aliphatic carbocycles. The standard InChI is InChI=1S/C20H16F4N2OS/c1-13-25-17(12-28-13)11-26(18-7-5-16(21)6-8-18)19(27)10-14-3-2-4-15(9-14)20(22,23)24/h2-9,12H,10-11H2,1H3. The number of aryl methyl sites for hydroxylation is 1. The van der Waals surface area contributed by atoms with Crippen molar-refractivity contribution in [3.63, 3.8) is 0 Å². The Kier molecular flexibility index (Phi) is 5.79. The number of anilines is 1. The minimum Gasteiger partial charge on any atom is -0.306 e. The number of aromatic nitrogens is 1. The Balaban J connectivity index is 1.87. The van der Waals surface area contributed by atoms with E-state index in [4.69, 9.17) is 0 Å². The van der Waals surface area contributed by atoms with Gasteiger partial charge in [-0.05, 0) is 42.8 Å². The third-order valence-corrected chi connectivity index (χ3v) is 4.86. The minimum atomic E-state index is -4.48. The Hall–Kier alpha value is -2.74. The van der Waals surface area contributed by atoms with Gasteiger partial charge in [0.25, 0.3) is 0 Å². The smallest absolute Gasteiger partial charge is 0.306 e. The van der Waals surface area contributed by atoms with Crippen LogP contribution in [0.4, 0.5) is 23.2 Å². The highest BCUT2D eigenvalue weighted by Crippen LogP contribution is 2.30. The molecule has 2 aromatic carbocycles. The molecule has 3 rings (SSSR count). The maximum Gasteiger partial charge on any atom is 0.416 e. The van der Waals surface area contributed by atoms with Gasteiger partial charge in [-0.25, -0.2) is 9.37 Å². The van der Waals surface area contributed by atoms with Crippen LogP contribution in [0.25, 0.3) is 0 Å². The molecule has 3 aromatic rings. The van der Waals surface area contributed by atoms with Crippen LogP contribution in [0.1, 0.15) is 21.8 Å². The predicted octanol–water partition coefficient (Wildman–Crippen LogP) is 5.39. The lowest BCUT2D eigenvalue weighted by molar-refractivity contribution is -0.137. The molecule has 1 amide bonds. The van der Waals surface area contributed by atoms with Gasteiger partial charge in [-0.2, -0.15) is 13.2 Å². The van der Waals surface area contributed by atoms with Crippen LogP contribution >= 0.6 is 11.3 Å². The molecule has 0 spiro atoms. The van der Waals surface area contributed by atoms with Crippen LogP contribution in [0.5, 0.6) is 0 Å². The molecule has 0 aliphatic rings. The quantitative estimate of drug-likeness (QED) is 0.531. The molecule has 0 aliphatic heterocycles. The van der Waals surface area contributed by atoms with Crippen LogP contribution < -0.4 is 4.90 Å². The summed E-state index contributed by atoms with van der Waals surface area (Å²) in [5, 5.41) is 2.64. The second-order valence-corrected chi connectivity index (χ2v) is 7.25. The summed E-state index contributed by atoms with van der Waals surface area (Å²) in [7, 11) is 0. The van der Waals surface area contributed by atoms with Crippen molar-refractivity contribution >= 4 is 22.9 Å². The number of hydrogen-bond donors (Lipinski definition) is 0. The van der Waals surface area contributed by atoms with Crippen molar-refractivity contribution in [1.82, 2.24) is 4.98 Å². The van der Waals surface area contributed by atoms with Gasteiger partial charge in [0.05, 0.1) is 29.2 Å². The van der Waals surface area contributed by atoms with Gasteiger partial charge in [-0.3, -0.25) is 4.79 Å². The van der Waals surface area contributed by atoms with Crippen molar-refractivity contribution in [1.29, 1.82) is 0 Å². The van der Waals surface area contributed by atoms with E-state index < -0.39 is 23.5 Å². The van der Waals surface area contributed by atoms with Crippen molar-refractivity contribution in [3.8, 4) is 0 Å². The highest BCUT2D eigenvalue weighted by molar-refractivity contribution is 7.09. The van der Waals surface area contributed by atoms with E-state index in [2.05, 4.69) is 4.98 Å². The lowest BCUT2D eigenvalue weighted by atomic mass is 10.1. The lowest BCUT2D eigenvalue weighted by Crippen LogP contribution is -2.32. The molecule has 0 fully saturated rings. The van der Waals surface area contributed by atoms with E-state index >= 15 is 0 Å². The van der Waals surface area contributed by atoms with Gasteiger partial charge in [0.15, 0.2) is 0 Å². The monoisotopic (exact) mass is 408 g/mol. The Labute approximate surface area is 163 Å². The van der Waals surface area contributed by atoms with Crippen LogP contribution in [0.3, 0.4) is 0 Å². The zero-order valence-corrected chi connectivity index (χ0v) is 15.6. The summed E-state index contributed by atoms with van der Waals surface area (Å²) in [6.45, 7) is 1.98. The van der Waals surface area contributed by atoms with Crippen molar-refractivity contribution in [2.75, 3.05) is 4.90 Å². The SMILES string of the molecule is Cc1nc(CN(C(=O)Cc2cccc(C(F)(F)F)c2)c2ccc(F)cc2)cs1. The van der Waals surface area contributed by atoms with Crippen LogP contribution in [0, 0.1) is 12.7 Å². The van der Waals surface area contributed by atoms with Gasteiger partial charge in [0.1, 0.15) is 5.82 Å². The van der Waals surface area contributed by atoms with Gasteiger partial charge in [-0.15, -0.1) is 11.3 Å². The van der Waals surface area contributed by atoms with E-state index in [1.165, 1.54) is 52.6 Å². The fourth-order valence-electron chi connectivity index (χ4n) is 2.72. The summed E-state index contributed by atoms with van der Waals surface area (Å²) < 4.78 is 52.0. The number of amides is 1. The maximum atomic E-state index is 13.3. The van der Waals surface area contributed by atoms with E-state index in [-0.39, 0.29) is 18.5 Å². The molecular weight excluding hydrogens is 392 g/mol. The number of halogens is 4. The third-order valence-electron chi connectivity index (χ3n) is 4.04. The second-order valence-electron chi connectivity index (χ2n) is 6.19. The Morgan fingerprint density at radius 2 is 1.86 bits per heavy atom. The largest absolute Gasteiger partial charge is 0.416 e. The van der Waals surface area contributed by atoms with Crippen molar-refractivity contribution in [2.45, 2.75) is 26.1 Å². The fourth-order valence-corrected chi connectivity index (χ4v) is 3.32. The molecule has 3 nitrogen and oxygen atoms in total. The van der Waals surface area contributed by atoms with Crippen molar-refractivity contribution in [2.24, 2.45) is 0 Å². The first-order chi connectivity index (χ1) is 13.2. The number of benzene rings is 2. The topological polar surface area (TPSA) is 33.2 Å². The summed E-state index contributed by atoms with van der Waals surface area (Å²) in [6, 6.07) is 10.0. The van der Waals surface area contributed by atoms with Crippen LogP contribution in [0.15, 0.2) is 53.9 Å². The molecule has 146 valence electrons. The van der Waals surface area contributed by atoms with E-state index in [0.717, 1.165) is 17.1 Å². The number of nitrogens with zero attached hydrogens (tertiary/aromatic N) is 2. The number of carbonyl (C=O) groups is 1. The van der Waals surface area contributed by atoms with E-state index in [1.807, 2.05) is 12.3 Å². The number of rotatable bonds is 5. The predicted molar refractivity (Wildman–Crippen MR) is 99.6 cm³/mol. The molecule has 0 bridgehead atoms. The van der Waals surface area contributed by atoms with Crippen molar-refractivity contribution < 1.29 is 22.4 Å². The van der Waals surface area contributed by atoms with Crippen LogP contribution in [-0.4, -0.2) is 10.9 Å². The highest BCUT2D eigenvalue weighted by atomic mass is 32.1.